The summed E-state index contributed by atoms with van der Waals surface area (Å²) in [7, 11) is 0. The van der Waals surface area contributed by atoms with E-state index in [1.165, 1.54) is 23.4 Å². The van der Waals surface area contributed by atoms with Crippen LogP contribution >= 0.6 is 0 Å². The van der Waals surface area contributed by atoms with Gasteiger partial charge in [-0.05, 0) is 48.6 Å². The maximum atomic E-state index is 14.6. The summed E-state index contributed by atoms with van der Waals surface area (Å²) < 4.78 is 27.6. The number of nitrogens with zero attached hydrogens (tertiary/aromatic N) is 2. The molecular formula is C21H24F2N2. The van der Waals surface area contributed by atoms with E-state index in [-0.39, 0.29) is 5.82 Å². The average molecular weight is 342 g/mol. The van der Waals surface area contributed by atoms with Gasteiger partial charge in [-0.15, -0.1) is 0 Å². The summed E-state index contributed by atoms with van der Waals surface area (Å²) in [5.74, 6) is -0.272. The van der Waals surface area contributed by atoms with E-state index in [4.69, 9.17) is 0 Å². The van der Waals surface area contributed by atoms with E-state index >= 15 is 0 Å². The molecule has 0 radical (unpaired) electrons. The lowest BCUT2D eigenvalue weighted by molar-refractivity contribution is 0.0585. The zero-order valence-electron chi connectivity index (χ0n) is 14.4. The van der Waals surface area contributed by atoms with E-state index in [1.807, 2.05) is 4.90 Å². The predicted octanol–water partition coefficient (Wildman–Crippen LogP) is 4.19. The van der Waals surface area contributed by atoms with Crippen LogP contribution in [0.1, 0.15) is 24.0 Å². The van der Waals surface area contributed by atoms with Crippen LogP contribution < -0.4 is 4.90 Å². The Bertz CT molecular complexity index is 708. The van der Waals surface area contributed by atoms with Crippen LogP contribution in [0.4, 0.5) is 14.5 Å². The fourth-order valence-corrected chi connectivity index (χ4v) is 4.16. The Morgan fingerprint density at radius 2 is 1.68 bits per heavy atom. The second-order valence-electron chi connectivity index (χ2n) is 7.10. The third-order valence-corrected chi connectivity index (χ3v) is 5.58. The van der Waals surface area contributed by atoms with Crippen LogP contribution in [0, 0.1) is 5.82 Å². The molecule has 2 aromatic rings. The Morgan fingerprint density at radius 1 is 0.960 bits per heavy atom. The summed E-state index contributed by atoms with van der Waals surface area (Å²) in [4.78, 5) is 4.45. The molecule has 2 aromatic carbocycles. The van der Waals surface area contributed by atoms with Gasteiger partial charge >= 0.3 is 0 Å². The van der Waals surface area contributed by atoms with Gasteiger partial charge in [-0.25, -0.2) is 8.78 Å². The molecule has 1 atom stereocenters. The standard InChI is InChI=1S/C21H24F2N2/c22-18-7-5-16(6-8-18)15-21(23)24-12-10-19(11-13-24)25-14-9-17-3-1-2-4-20(17)25/h1-8,19,21H,9-15H2. The van der Waals surface area contributed by atoms with Crippen molar-refractivity contribution in [3.05, 3.63) is 65.5 Å². The SMILES string of the molecule is Fc1ccc(CC(F)N2CCC(N3CCc4ccccc43)CC2)cc1. The number of hydrogen-bond donors (Lipinski definition) is 0. The van der Waals surface area contributed by atoms with Crippen LogP contribution in [-0.2, 0) is 12.8 Å². The van der Waals surface area contributed by atoms with E-state index in [2.05, 4.69) is 29.2 Å². The first kappa shape index (κ1) is 16.5. The number of fused-ring (bicyclic) bond motifs is 1. The third kappa shape index (κ3) is 3.54. The van der Waals surface area contributed by atoms with E-state index in [0.717, 1.165) is 44.5 Å². The first-order valence-corrected chi connectivity index (χ1v) is 9.18. The fraction of sp³-hybridized carbons (Fsp3) is 0.429. The molecule has 2 heterocycles. The van der Waals surface area contributed by atoms with Gasteiger partial charge in [0.1, 0.15) is 5.82 Å². The summed E-state index contributed by atoms with van der Waals surface area (Å²) in [6.45, 7) is 2.65. The number of rotatable bonds is 4. The van der Waals surface area contributed by atoms with Gasteiger partial charge in [-0.3, -0.25) is 4.90 Å². The van der Waals surface area contributed by atoms with E-state index < -0.39 is 6.30 Å². The number of likely N-dealkylation sites (tertiary alicyclic amines) is 1. The van der Waals surface area contributed by atoms with E-state index in [0.29, 0.717) is 12.5 Å². The highest BCUT2D eigenvalue weighted by molar-refractivity contribution is 5.58. The highest BCUT2D eigenvalue weighted by Gasteiger charge is 2.31. The van der Waals surface area contributed by atoms with Gasteiger partial charge in [0.2, 0.25) is 0 Å². The quantitative estimate of drug-likeness (QED) is 0.769. The highest BCUT2D eigenvalue weighted by atomic mass is 19.1. The number of halogens is 2. The predicted molar refractivity (Wildman–Crippen MR) is 97.1 cm³/mol. The minimum absolute atomic E-state index is 0.272. The molecular weight excluding hydrogens is 318 g/mol. The average Bonchev–Trinajstić information content (AvgIpc) is 3.08. The van der Waals surface area contributed by atoms with Crippen LogP contribution in [0.15, 0.2) is 48.5 Å². The van der Waals surface area contributed by atoms with Crippen molar-refractivity contribution in [2.75, 3.05) is 24.5 Å². The van der Waals surface area contributed by atoms with Crippen molar-refractivity contribution in [2.45, 2.75) is 38.0 Å². The highest BCUT2D eigenvalue weighted by Crippen LogP contribution is 2.32. The molecule has 4 heteroatoms. The first-order valence-electron chi connectivity index (χ1n) is 9.18. The van der Waals surface area contributed by atoms with Gasteiger partial charge < -0.3 is 4.90 Å². The van der Waals surface area contributed by atoms with Gasteiger partial charge in [-0.1, -0.05) is 30.3 Å². The monoisotopic (exact) mass is 342 g/mol. The molecule has 1 unspecified atom stereocenters. The molecule has 0 spiro atoms. The molecule has 132 valence electrons. The molecule has 0 amide bonds. The van der Waals surface area contributed by atoms with Crippen LogP contribution in [-0.4, -0.2) is 36.9 Å². The van der Waals surface area contributed by atoms with Gasteiger partial charge in [-0.2, -0.15) is 0 Å². The number of benzene rings is 2. The van der Waals surface area contributed by atoms with Crippen molar-refractivity contribution in [3.63, 3.8) is 0 Å². The lowest BCUT2D eigenvalue weighted by Crippen LogP contribution is -2.47. The lowest BCUT2D eigenvalue weighted by Gasteiger charge is -2.39. The minimum Gasteiger partial charge on any atom is -0.368 e. The topological polar surface area (TPSA) is 6.48 Å². The minimum atomic E-state index is -0.989. The Kier molecular flexibility index (Phi) is 4.71. The molecule has 2 aliphatic rings. The number of alkyl halides is 1. The fourth-order valence-electron chi connectivity index (χ4n) is 4.16. The van der Waals surface area contributed by atoms with Crippen molar-refractivity contribution < 1.29 is 8.78 Å². The maximum Gasteiger partial charge on any atom is 0.157 e. The number of anilines is 1. The molecule has 0 aliphatic carbocycles. The Hall–Kier alpha value is -1.94. The van der Waals surface area contributed by atoms with Crippen molar-refractivity contribution in [1.82, 2.24) is 4.90 Å². The summed E-state index contributed by atoms with van der Waals surface area (Å²) in [5.41, 5.74) is 3.65. The lowest BCUT2D eigenvalue weighted by atomic mass is 10.0. The molecule has 25 heavy (non-hydrogen) atoms. The molecule has 1 fully saturated rings. The first-order chi connectivity index (χ1) is 12.2. The second kappa shape index (κ2) is 7.12. The zero-order valence-corrected chi connectivity index (χ0v) is 14.4. The maximum absolute atomic E-state index is 14.6. The Balaban J connectivity index is 1.33. The van der Waals surface area contributed by atoms with E-state index in [1.54, 1.807) is 12.1 Å². The van der Waals surface area contributed by atoms with Crippen molar-refractivity contribution in [1.29, 1.82) is 0 Å². The molecule has 0 N–H and O–H groups in total. The molecule has 0 aromatic heterocycles. The second-order valence-corrected chi connectivity index (χ2v) is 7.10. The van der Waals surface area contributed by atoms with Crippen LogP contribution in [0.2, 0.25) is 0 Å². The van der Waals surface area contributed by atoms with Gasteiger partial charge in [0.05, 0.1) is 0 Å². The number of para-hydroxylation sites is 1. The third-order valence-electron chi connectivity index (χ3n) is 5.58. The van der Waals surface area contributed by atoms with E-state index in [9.17, 15) is 8.78 Å². The Labute approximate surface area is 148 Å². The Morgan fingerprint density at radius 3 is 2.44 bits per heavy atom. The zero-order chi connectivity index (χ0) is 17.2. The molecule has 1 saturated heterocycles. The van der Waals surface area contributed by atoms with Gasteiger partial charge in [0.25, 0.3) is 0 Å². The van der Waals surface area contributed by atoms with Crippen molar-refractivity contribution in [3.8, 4) is 0 Å². The summed E-state index contributed by atoms with van der Waals surface area (Å²) in [6.07, 6.45) is 2.46. The summed E-state index contributed by atoms with van der Waals surface area (Å²) in [5, 5.41) is 0. The van der Waals surface area contributed by atoms with Crippen LogP contribution in [0.25, 0.3) is 0 Å². The molecule has 2 nitrogen and oxygen atoms in total. The van der Waals surface area contributed by atoms with Gasteiger partial charge in [0.15, 0.2) is 6.30 Å². The van der Waals surface area contributed by atoms with Crippen molar-refractivity contribution >= 4 is 5.69 Å². The number of piperidine rings is 1. The number of hydrogen-bond acceptors (Lipinski definition) is 2. The van der Waals surface area contributed by atoms with Gasteiger partial charge in [0, 0.05) is 37.8 Å². The molecule has 4 rings (SSSR count). The summed E-state index contributed by atoms with van der Waals surface area (Å²) >= 11 is 0. The normalized spacial score (nSPS) is 19.8. The largest absolute Gasteiger partial charge is 0.368 e. The molecule has 0 bridgehead atoms. The molecule has 2 aliphatic heterocycles. The summed E-state index contributed by atoms with van der Waals surface area (Å²) in [6, 6.07) is 15.3. The van der Waals surface area contributed by atoms with Crippen molar-refractivity contribution in [2.24, 2.45) is 0 Å². The van der Waals surface area contributed by atoms with Crippen LogP contribution in [0.5, 0.6) is 0 Å². The molecule has 0 saturated carbocycles. The van der Waals surface area contributed by atoms with Crippen LogP contribution in [0.3, 0.4) is 0 Å². The smallest absolute Gasteiger partial charge is 0.157 e.